The van der Waals surface area contributed by atoms with Gasteiger partial charge in [-0.25, -0.2) is 4.79 Å². The summed E-state index contributed by atoms with van der Waals surface area (Å²) in [5.41, 5.74) is 1.78. The largest absolute Gasteiger partial charge is 0.493 e. The maximum absolute atomic E-state index is 12.5. The van der Waals surface area contributed by atoms with Crippen molar-refractivity contribution >= 4 is 28.3 Å². The van der Waals surface area contributed by atoms with Gasteiger partial charge in [-0.15, -0.1) is 0 Å². The van der Waals surface area contributed by atoms with Gasteiger partial charge < -0.3 is 34.3 Å². The fourth-order valence-corrected chi connectivity index (χ4v) is 3.54. The van der Waals surface area contributed by atoms with E-state index in [-0.39, 0.29) is 0 Å². The van der Waals surface area contributed by atoms with Crippen LogP contribution in [0, 0.1) is 0 Å². The van der Waals surface area contributed by atoms with Gasteiger partial charge in [-0.1, -0.05) is 6.07 Å². The van der Waals surface area contributed by atoms with Crippen LogP contribution in [-0.4, -0.2) is 39.5 Å². The number of anilines is 2. The van der Waals surface area contributed by atoms with Gasteiger partial charge in [0.15, 0.2) is 23.0 Å². The maximum Gasteiger partial charge on any atom is 0.323 e. The Morgan fingerprint density at radius 2 is 1.46 bits per heavy atom. The number of para-hydroxylation sites is 1. The second-order valence-electron chi connectivity index (χ2n) is 7.28. The van der Waals surface area contributed by atoms with Crippen molar-refractivity contribution in [3.05, 3.63) is 66.9 Å². The average molecular weight is 476 g/mol. The van der Waals surface area contributed by atoms with Crippen LogP contribution in [0.1, 0.15) is 0 Å². The molecule has 35 heavy (non-hydrogen) atoms. The standard InChI is InChI=1S/C26H25N3O6/c1-31-22-7-5-6-19(25(22)34-4)29-26(30)28-16-8-10-17(11-9-16)35-21-12-13-27-20-15-24(33-3)23(32-2)14-18(20)21/h5-15H,1-4H3,(H2,28,29,30). The van der Waals surface area contributed by atoms with Crippen molar-refractivity contribution in [1.29, 1.82) is 0 Å². The number of carbonyl (C=O) groups excluding carboxylic acids is 1. The Labute approximate surface area is 202 Å². The molecule has 1 aromatic heterocycles. The highest BCUT2D eigenvalue weighted by atomic mass is 16.5. The number of methoxy groups -OCH3 is 4. The first kappa shape index (κ1) is 23.5. The predicted molar refractivity (Wildman–Crippen MR) is 134 cm³/mol. The van der Waals surface area contributed by atoms with Crippen LogP contribution in [0.5, 0.6) is 34.5 Å². The highest BCUT2D eigenvalue weighted by Crippen LogP contribution is 2.37. The van der Waals surface area contributed by atoms with Crippen molar-refractivity contribution in [3.8, 4) is 34.5 Å². The van der Waals surface area contributed by atoms with E-state index in [1.807, 2.05) is 6.07 Å². The summed E-state index contributed by atoms with van der Waals surface area (Å²) < 4.78 is 27.4. The molecular weight excluding hydrogens is 450 g/mol. The molecule has 9 heteroatoms. The van der Waals surface area contributed by atoms with Gasteiger partial charge in [0.05, 0.1) is 39.6 Å². The Balaban J connectivity index is 1.47. The molecule has 0 aliphatic rings. The van der Waals surface area contributed by atoms with E-state index in [2.05, 4.69) is 15.6 Å². The van der Waals surface area contributed by atoms with Crippen LogP contribution in [0.15, 0.2) is 66.9 Å². The van der Waals surface area contributed by atoms with Crippen LogP contribution in [-0.2, 0) is 0 Å². The third-order valence-corrected chi connectivity index (χ3v) is 5.20. The number of ether oxygens (including phenoxy) is 5. The van der Waals surface area contributed by atoms with E-state index in [0.717, 1.165) is 5.39 Å². The zero-order chi connectivity index (χ0) is 24.8. The Morgan fingerprint density at radius 1 is 0.743 bits per heavy atom. The molecule has 1 heterocycles. The summed E-state index contributed by atoms with van der Waals surface area (Å²) in [4.78, 5) is 16.9. The number of hydrogen-bond acceptors (Lipinski definition) is 7. The number of urea groups is 1. The summed E-state index contributed by atoms with van der Waals surface area (Å²) >= 11 is 0. The molecule has 4 rings (SSSR count). The van der Waals surface area contributed by atoms with Crippen molar-refractivity contribution in [2.75, 3.05) is 39.1 Å². The van der Waals surface area contributed by atoms with Gasteiger partial charge in [-0.05, 0) is 48.5 Å². The lowest BCUT2D eigenvalue weighted by atomic mass is 10.2. The average Bonchev–Trinajstić information content (AvgIpc) is 2.88. The molecule has 2 N–H and O–H groups in total. The van der Waals surface area contributed by atoms with Gasteiger partial charge in [-0.2, -0.15) is 0 Å². The normalized spacial score (nSPS) is 10.4. The van der Waals surface area contributed by atoms with Crippen molar-refractivity contribution in [2.45, 2.75) is 0 Å². The first-order chi connectivity index (χ1) is 17.1. The number of aromatic nitrogens is 1. The summed E-state index contributed by atoms with van der Waals surface area (Å²) in [5, 5.41) is 6.33. The zero-order valence-electron chi connectivity index (χ0n) is 19.7. The molecule has 0 saturated carbocycles. The lowest BCUT2D eigenvalue weighted by molar-refractivity contribution is 0.262. The minimum absolute atomic E-state index is 0.425. The monoisotopic (exact) mass is 475 g/mol. The number of amides is 2. The molecule has 4 aromatic rings. The molecule has 3 aromatic carbocycles. The van der Waals surface area contributed by atoms with E-state index in [4.69, 9.17) is 23.7 Å². The van der Waals surface area contributed by atoms with Crippen LogP contribution >= 0.6 is 0 Å². The second kappa shape index (κ2) is 10.5. The van der Waals surface area contributed by atoms with Gasteiger partial charge in [0.1, 0.15) is 11.5 Å². The molecular formula is C26H25N3O6. The summed E-state index contributed by atoms with van der Waals surface area (Å²) in [7, 11) is 6.20. The molecule has 180 valence electrons. The first-order valence-electron chi connectivity index (χ1n) is 10.6. The molecule has 2 amide bonds. The zero-order valence-corrected chi connectivity index (χ0v) is 19.7. The number of rotatable bonds is 8. The Bertz CT molecular complexity index is 1340. The van der Waals surface area contributed by atoms with Gasteiger partial charge in [0, 0.05) is 23.3 Å². The molecule has 0 atom stereocenters. The van der Waals surface area contributed by atoms with Crippen LogP contribution in [0.3, 0.4) is 0 Å². The van der Waals surface area contributed by atoms with Gasteiger partial charge in [-0.3, -0.25) is 4.98 Å². The molecule has 0 bridgehead atoms. The minimum Gasteiger partial charge on any atom is -0.493 e. The summed E-state index contributed by atoms with van der Waals surface area (Å²) in [5.74, 6) is 3.33. The molecule has 0 fully saturated rings. The van der Waals surface area contributed by atoms with Crippen LogP contribution < -0.4 is 34.3 Å². The Hall–Kier alpha value is -4.66. The molecule has 0 spiro atoms. The fourth-order valence-electron chi connectivity index (χ4n) is 3.54. The summed E-state index contributed by atoms with van der Waals surface area (Å²) in [6.45, 7) is 0. The molecule has 0 unspecified atom stereocenters. The van der Waals surface area contributed by atoms with E-state index in [0.29, 0.717) is 51.4 Å². The summed E-state index contributed by atoms with van der Waals surface area (Å²) in [6, 6.07) is 17.2. The predicted octanol–water partition coefficient (Wildman–Crippen LogP) is 5.71. The minimum atomic E-state index is -0.425. The maximum atomic E-state index is 12.5. The molecule has 9 nitrogen and oxygen atoms in total. The molecule has 0 saturated heterocycles. The number of pyridine rings is 1. The number of nitrogens with zero attached hydrogens (tertiary/aromatic N) is 1. The quantitative estimate of drug-likeness (QED) is 0.337. The van der Waals surface area contributed by atoms with E-state index in [1.165, 1.54) is 14.2 Å². The summed E-state index contributed by atoms with van der Waals surface area (Å²) in [6.07, 6.45) is 1.66. The Kier molecular flexibility index (Phi) is 7.06. The Morgan fingerprint density at radius 3 is 2.14 bits per heavy atom. The van der Waals surface area contributed by atoms with Crippen molar-refractivity contribution in [2.24, 2.45) is 0 Å². The van der Waals surface area contributed by atoms with E-state index >= 15 is 0 Å². The van der Waals surface area contributed by atoms with Crippen molar-refractivity contribution < 1.29 is 28.5 Å². The molecule has 0 aliphatic carbocycles. The highest BCUT2D eigenvalue weighted by molar-refractivity contribution is 6.01. The number of nitrogens with one attached hydrogen (secondary N) is 2. The van der Waals surface area contributed by atoms with Crippen LogP contribution in [0.25, 0.3) is 10.9 Å². The third kappa shape index (κ3) is 5.14. The second-order valence-corrected chi connectivity index (χ2v) is 7.28. The van der Waals surface area contributed by atoms with Gasteiger partial charge >= 0.3 is 6.03 Å². The van der Waals surface area contributed by atoms with E-state index < -0.39 is 6.03 Å². The van der Waals surface area contributed by atoms with E-state index in [9.17, 15) is 4.79 Å². The lowest BCUT2D eigenvalue weighted by Gasteiger charge is -2.14. The molecule has 0 radical (unpaired) electrons. The topological polar surface area (TPSA) is 100 Å². The van der Waals surface area contributed by atoms with E-state index in [1.54, 1.807) is 75.0 Å². The number of benzene rings is 3. The number of hydrogen-bond donors (Lipinski definition) is 2. The molecule has 0 aliphatic heterocycles. The third-order valence-electron chi connectivity index (χ3n) is 5.20. The van der Waals surface area contributed by atoms with Crippen molar-refractivity contribution in [1.82, 2.24) is 4.98 Å². The van der Waals surface area contributed by atoms with Gasteiger partial charge in [0.25, 0.3) is 0 Å². The number of carbonyl (C=O) groups is 1. The van der Waals surface area contributed by atoms with Crippen LogP contribution in [0.4, 0.5) is 16.2 Å². The SMILES string of the molecule is COc1cc2nccc(Oc3ccc(NC(=O)Nc4cccc(OC)c4OC)cc3)c2cc1OC. The lowest BCUT2D eigenvalue weighted by Crippen LogP contribution is -2.19. The van der Waals surface area contributed by atoms with Crippen molar-refractivity contribution in [3.63, 3.8) is 0 Å². The number of fused-ring (bicyclic) bond motifs is 1. The van der Waals surface area contributed by atoms with Gasteiger partial charge in [0.2, 0.25) is 0 Å². The smallest absolute Gasteiger partial charge is 0.323 e. The van der Waals surface area contributed by atoms with Crippen LogP contribution in [0.2, 0.25) is 0 Å². The fraction of sp³-hybridized carbons (Fsp3) is 0.154. The highest BCUT2D eigenvalue weighted by Gasteiger charge is 2.13. The first-order valence-corrected chi connectivity index (χ1v) is 10.6.